The molecule has 78 valence electrons. The summed E-state index contributed by atoms with van der Waals surface area (Å²) in [5, 5.41) is 4.08. The van der Waals surface area contributed by atoms with Gasteiger partial charge in [0.05, 0.1) is 5.69 Å². The fraction of sp³-hybridized carbons (Fsp3) is 0.600. The largest absolute Gasteiger partial charge is 0.311 e. The average Bonchev–Trinajstić information content (AvgIpc) is 2.25. The first-order valence-corrected chi connectivity index (χ1v) is 6.10. The highest BCUT2D eigenvalue weighted by atomic mass is 32.2. The number of rotatable bonds is 6. The van der Waals surface area contributed by atoms with Crippen LogP contribution in [0.15, 0.2) is 18.6 Å². The van der Waals surface area contributed by atoms with Crippen LogP contribution in [0.4, 0.5) is 0 Å². The minimum Gasteiger partial charge on any atom is -0.311 e. The Balaban J connectivity index is 2.10. The Hall–Kier alpha value is -0.610. The van der Waals surface area contributed by atoms with Crippen molar-refractivity contribution in [1.29, 1.82) is 0 Å². The van der Waals surface area contributed by atoms with E-state index < -0.39 is 0 Å². The molecule has 1 aromatic heterocycles. The minimum absolute atomic E-state index is 0.726. The zero-order chi connectivity index (χ0) is 10.2. The maximum Gasteiger partial charge on any atom is 0.0724 e. The first-order chi connectivity index (χ1) is 6.83. The van der Waals surface area contributed by atoms with E-state index in [0.717, 1.165) is 24.0 Å². The zero-order valence-electron chi connectivity index (χ0n) is 8.73. The van der Waals surface area contributed by atoms with Crippen molar-refractivity contribution in [2.45, 2.75) is 25.1 Å². The maximum atomic E-state index is 4.19. The van der Waals surface area contributed by atoms with Crippen molar-refractivity contribution in [1.82, 2.24) is 15.3 Å². The molecule has 4 heteroatoms. The number of nitrogens with zero attached hydrogens (tertiary/aromatic N) is 2. The predicted octanol–water partition coefficient (Wildman–Crippen LogP) is 1.71. The molecule has 14 heavy (non-hydrogen) atoms. The molecule has 1 N–H and O–H groups in total. The molecule has 1 unspecified atom stereocenters. The monoisotopic (exact) mass is 211 g/mol. The van der Waals surface area contributed by atoms with Crippen LogP contribution in [0.3, 0.4) is 0 Å². The Morgan fingerprint density at radius 1 is 1.50 bits per heavy atom. The SMILES string of the molecule is CSC(C)CCNCc1cnccn1. The molecule has 0 radical (unpaired) electrons. The third kappa shape index (κ3) is 4.58. The van der Waals surface area contributed by atoms with Crippen LogP contribution in [0.1, 0.15) is 19.0 Å². The molecule has 0 aromatic carbocycles. The van der Waals surface area contributed by atoms with E-state index in [1.165, 1.54) is 6.42 Å². The molecule has 0 aliphatic rings. The van der Waals surface area contributed by atoms with E-state index in [9.17, 15) is 0 Å². The molecule has 1 rings (SSSR count). The van der Waals surface area contributed by atoms with Gasteiger partial charge in [0.2, 0.25) is 0 Å². The summed E-state index contributed by atoms with van der Waals surface area (Å²) in [6, 6.07) is 0. The lowest BCUT2D eigenvalue weighted by Crippen LogP contribution is -2.18. The third-order valence-electron chi connectivity index (χ3n) is 2.05. The number of hydrogen-bond donors (Lipinski definition) is 1. The fourth-order valence-corrected chi connectivity index (χ4v) is 1.41. The maximum absolute atomic E-state index is 4.19. The minimum atomic E-state index is 0.726. The highest BCUT2D eigenvalue weighted by molar-refractivity contribution is 7.99. The van der Waals surface area contributed by atoms with Gasteiger partial charge in [-0.2, -0.15) is 11.8 Å². The van der Waals surface area contributed by atoms with E-state index in [2.05, 4.69) is 28.5 Å². The molecular formula is C10H17N3S. The van der Waals surface area contributed by atoms with Crippen LogP contribution in [-0.2, 0) is 6.54 Å². The lowest BCUT2D eigenvalue weighted by Gasteiger charge is -2.08. The molecule has 0 amide bonds. The van der Waals surface area contributed by atoms with Crippen LogP contribution in [0.25, 0.3) is 0 Å². The number of thioether (sulfide) groups is 1. The molecule has 1 atom stereocenters. The lowest BCUT2D eigenvalue weighted by molar-refractivity contribution is 0.638. The van der Waals surface area contributed by atoms with E-state index in [-0.39, 0.29) is 0 Å². The summed E-state index contributed by atoms with van der Waals surface area (Å²) in [5.74, 6) is 0. The van der Waals surface area contributed by atoms with Gasteiger partial charge in [0.1, 0.15) is 0 Å². The summed E-state index contributed by atoms with van der Waals surface area (Å²) >= 11 is 1.90. The lowest BCUT2D eigenvalue weighted by atomic mass is 10.3. The van der Waals surface area contributed by atoms with E-state index in [0.29, 0.717) is 0 Å². The molecule has 0 fully saturated rings. The second-order valence-corrected chi connectivity index (χ2v) is 4.48. The Bertz CT molecular complexity index is 240. The van der Waals surface area contributed by atoms with Crippen LogP contribution in [0, 0.1) is 0 Å². The Labute approximate surface area is 89.7 Å². The summed E-state index contributed by atoms with van der Waals surface area (Å²) in [6.45, 7) is 4.10. The third-order valence-corrected chi connectivity index (χ3v) is 3.09. The van der Waals surface area contributed by atoms with Gasteiger partial charge in [0.25, 0.3) is 0 Å². The summed E-state index contributed by atoms with van der Waals surface area (Å²) < 4.78 is 0. The van der Waals surface area contributed by atoms with Gasteiger partial charge in [0.15, 0.2) is 0 Å². The fourth-order valence-electron chi connectivity index (χ4n) is 1.06. The normalized spacial score (nSPS) is 12.7. The van der Waals surface area contributed by atoms with Gasteiger partial charge in [-0.15, -0.1) is 0 Å². The van der Waals surface area contributed by atoms with Gasteiger partial charge >= 0.3 is 0 Å². The van der Waals surface area contributed by atoms with Gasteiger partial charge in [-0.1, -0.05) is 6.92 Å². The summed E-state index contributed by atoms with van der Waals surface area (Å²) in [5.41, 5.74) is 1.00. The van der Waals surface area contributed by atoms with Crippen molar-refractivity contribution in [2.75, 3.05) is 12.8 Å². The van der Waals surface area contributed by atoms with Crippen LogP contribution in [0.5, 0.6) is 0 Å². The van der Waals surface area contributed by atoms with Crippen LogP contribution < -0.4 is 5.32 Å². The van der Waals surface area contributed by atoms with Crippen molar-refractivity contribution in [3.8, 4) is 0 Å². The quantitative estimate of drug-likeness (QED) is 0.727. The number of hydrogen-bond acceptors (Lipinski definition) is 4. The standard InChI is InChI=1S/C10H17N3S/c1-9(14-2)3-4-11-7-10-8-12-5-6-13-10/h5-6,8-9,11H,3-4,7H2,1-2H3. The number of nitrogens with one attached hydrogen (secondary N) is 1. The summed E-state index contributed by atoms with van der Waals surface area (Å²) in [4.78, 5) is 8.19. The molecule has 0 aliphatic heterocycles. The second kappa shape index (κ2) is 6.79. The Morgan fingerprint density at radius 2 is 2.36 bits per heavy atom. The topological polar surface area (TPSA) is 37.8 Å². The smallest absolute Gasteiger partial charge is 0.0724 e. The highest BCUT2D eigenvalue weighted by Crippen LogP contribution is 2.07. The van der Waals surface area contributed by atoms with Crippen molar-refractivity contribution in [3.63, 3.8) is 0 Å². The van der Waals surface area contributed by atoms with Gasteiger partial charge in [0, 0.05) is 30.4 Å². The average molecular weight is 211 g/mol. The second-order valence-electron chi connectivity index (χ2n) is 3.21. The van der Waals surface area contributed by atoms with E-state index >= 15 is 0 Å². The van der Waals surface area contributed by atoms with Crippen LogP contribution >= 0.6 is 11.8 Å². The van der Waals surface area contributed by atoms with E-state index in [1.54, 1.807) is 18.6 Å². The van der Waals surface area contributed by atoms with Gasteiger partial charge in [-0.05, 0) is 19.2 Å². The molecule has 0 saturated heterocycles. The summed E-state index contributed by atoms with van der Waals surface area (Å²) in [7, 11) is 0. The van der Waals surface area contributed by atoms with Gasteiger partial charge in [-0.3, -0.25) is 9.97 Å². The number of aromatic nitrogens is 2. The molecular weight excluding hydrogens is 194 g/mol. The van der Waals surface area contributed by atoms with Gasteiger partial charge in [-0.25, -0.2) is 0 Å². The van der Waals surface area contributed by atoms with Crippen LogP contribution in [0.2, 0.25) is 0 Å². The van der Waals surface area contributed by atoms with Crippen LogP contribution in [-0.4, -0.2) is 28.0 Å². The molecule has 1 heterocycles. The van der Waals surface area contributed by atoms with E-state index in [4.69, 9.17) is 0 Å². The van der Waals surface area contributed by atoms with Crippen molar-refractivity contribution in [3.05, 3.63) is 24.3 Å². The first kappa shape index (κ1) is 11.5. The molecule has 0 spiro atoms. The first-order valence-electron chi connectivity index (χ1n) is 4.81. The molecule has 1 aromatic rings. The predicted molar refractivity (Wildman–Crippen MR) is 61.3 cm³/mol. The summed E-state index contributed by atoms with van der Waals surface area (Å²) in [6.07, 6.45) is 8.56. The van der Waals surface area contributed by atoms with Gasteiger partial charge < -0.3 is 5.32 Å². The van der Waals surface area contributed by atoms with Crippen molar-refractivity contribution in [2.24, 2.45) is 0 Å². The van der Waals surface area contributed by atoms with E-state index in [1.807, 2.05) is 11.8 Å². The van der Waals surface area contributed by atoms with Crippen molar-refractivity contribution < 1.29 is 0 Å². The molecule has 0 aliphatic carbocycles. The Morgan fingerprint density at radius 3 is 3.00 bits per heavy atom. The zero-order valence-corrected chi connectivity index (χ0v) is 9.55. The highest BCUT2D eigenvalue weighted by Gasteiger charge is 1.98. The Kier molecular flexibility index (Phi) is 5.56. The molecule has 0 saturated carbocycles. The van der Waals surface area contributed by atoms with Crippen molar-refractivity contribution >= 4 is 11.8 Å². The molecule has 3 nitrogen and oxygen atoms in total. The molecule has 0 bridgehead atoms.